The number of nitrogens with zero attached hydrogens (tertiary/aromatic N) is 2. The summed E-state index contributed by atoms with van der Waals surface area (Å²) in [4.78, 5) is 24.9. The van der Waals surface area contributed by atoms with Gasteiger partial charge in [0.05, 0.1) is 0 Å². The van der Waals surface area contributed by atoms with Crippen molar-refractivity contribution in [2.24, 2.45) is 0 Å². The van der Waals surface area contributed by atoms with Crippen LogP contribution < -0.4 is 20.1 Å². The second-order valence-corrected chi connectivity index (χ2v) is 7.72. The first-order valence-corrected chi connectivity index (χ1v) is 10.3. The Hall–Kier alpha value is -3.46. The number of benzene rings is 2. The molecule has 4 rings (SSSR count). The van der Waals surface area contributed by atoms with Crippen LogP contribution in [0.2, 0.25) is 0 Å². The van der Waals surface area contributed by atoms with Crippen LogP contribution in [0.25, 0.3) is 0 Å². The van der Waals surface area contributed by atoms with E-state index in [1.54, 1.807) is 24.3 Å². The lowest BCUT2D eigenvalue weighted by Crippen LogP contribution is -2.23. The molecule has 1 aliphatic rings. The summed E-state index contributed by atoms with van der Waals surface area (Å²) in [6.07, 6.45) is 1.74. The van der Waals surface area contributed by atoms with Crippen molar-refractivity contribution in [2.45, 2.75) is 26.3 Å². The van der Waals surface area contributed by atoms with E-state index in [9.17, 15) is 9.59 Å². The van der Waals surface area contributed by atoms with Gasteiger partial charge in [-0.05, 0) is 42.3 Å². The first kappa shape index (κ1) is 19.8. The standard InChI is InChI=1S/C21H20N4O4S/c1-2-4-18-24-25-21(30-18)20(27)23-15-6-3-5-14(10-15)19(26)22-11-13-7-8-16-17(9-13)29-12-28-16/h3,5-10H,2,4,11-12H2,1H3,(H,22,26)(H,23,27). The average Bonchev–Trinajstić information content (AvgIpc) is 3.41. The van der Waals surface area contributed by atoms with E-state index in [1.807, 2.05) is 25.1 Å². The van der Waals surface area contributed by atoms with E-state index in [4.69, 9.17) is 9.47 Å². The molecule has 0 radical (unpaired) electrons. The number of ether oxygens (including phenoxy) is 2. The van der Waals surface area contributed by atoms with E-state index < -0.39 is 0 Å². The Balaban J connectivity index is 1.37. The number of anilines is 1. The summed E-state index contributed by atoms with van der Waals surface area (Å²) in [6.45, 7) is 2.60. The molecule has 154 valence electrons. The highest BCUT2D eigenvalue weighted by molar-refractivity contribution is 7.13. The number of nitrogens with one attached hydrogen (secondary N) is 2. The van der Waals surface area contributed by atoms with Crippen molar-refractivity contribution in [1.82, 2.24) is 15.5 Å². The van der Waals surface area contributed by atoms with Crippen LogP contribution in [0.4, 0.5) is 5.69 Å². The van der Waals surface area contributed by atoms with Gasteiger partial charge in [0.15, 0.2) is 11.5 Å². The third-order valence-corrected chi connectivity index (χ3v) is 5.38. The van der Waals surface area contributed by atoms with Crippen molar-refractivity contribution in [1.29, 1.82) is 0 Å². The molecule has 2 amide bonds. The fourth-order valence-electron chi connectivity index (χ4n) is 2.92. The lowest BCUT2D eigenvalue weighted by Gasteiger charge is -2.08. The van der Waals surface area contributed by atoms with Crippen LogP contribution in [0.15, 0.2) is 42.5 Å². The molecule has 1 aliphatic heterocycles. The van der Waals surface area contributed by atoms with Crippen LogP contribution >= 0.6 is 11.3 Å². The predicted octanol–water partition coefficient (Wildman–Crippen LogP) is 3.40. The number of hydrogen-bond donors (Lipinski definition) is 2. The Kier molecular flexibility index (Phi) is 5.89. The number of hydrogen-bond acceptors (Lipinski definition) is 7. The van der Waals surface area contributed by atoms with Crippen molar-refractivity contribution in [2.75, 3.05) is 12.1 Å². The van der Waals surface area contributed by atoms with Gasteiger partial charge in [-0.3, -0.25) is 9.59 Å². The molecule has 0 aliphatic carbocycles. The summed E-state index contributed by atoms with van der Waals surface area (Å²) in [5.41, 5.74) is 1.86. The average molecular weight is 424 g/mol. The van der Waals surface area contributed by atoms with Crippen LogP contribution in [0.1, 0.15) is 44.1 Å². The predicted molar refractivity (Wildman–Crippen MR) is 112 cm³/mol. The van der Waals surface area contributed by atoms with E-state index in [0.29, 0.717) is 34.3 Å². The van der Waals surface area contributed by atoms with Crippen LogP contribution in [-0.2, 0) is 13.0 Å². The zero-order valence-corrected chi connectivity index (χ0v) is 17.1. The molecular formula is C21H20N4O4S. The van der Waals surface area contributed by atoms with Crippen molar-refractivity contribution in [3.8, 4) is 11.5 Å². The van der Waals surface area contributed by atoms with Gasteiger partial charge in [-0.25, -0.2) is 0 Å². The summed E-state index contributed by atoms with van der Waals surface area (Å²) in [5, 5.41) is 14.7. The first-order chi connectivity index (χ1) is 14.6. The summed E-state index contributed by atoms with van der Waals surface area (Å²) in [6, 6.07) is 12.3. The maximum absolute atomic E-state index is 12.5. The summed E-state index contributed by atoms with van der Waals surface area (Å²) in [7, 11) is 0. The molecule has 0 unspecified atom stereocenters. The molecule has 30 heavy (non-hydrogen) atoms. The van der Waals surface area contributed by atoms with Crippen LogP contribution in [0, 0.1) is 0 Å². The number of aromatic nitrogens is 2. The topological polar surface area (TPSA) is 102 Å². The summed E-state index contributed by atoms with van der Waals surface area (Å²) in [5.74, 6) is 0.786. The molecule has 9 heteroatoms. The molecule has 0 bridgehead atoms. The molecule has 0 atom stereocenters. The Bertz CT molecular complexity index is 1080. The van der Waals surface area contributed by atoms with E-state index in [-0.39, 0.29) is 18.6 Å². The molecule has 0 spiro atoms. The molecule has 2 heterocycles. The van der Waals surface area contributed by atoms with Gasteiger partial charge in [0.25, 0.3) is 11.8 Å². The number of amides is 2. The van der Waals surface area contributed by atoms with E-state index in [2.05, 4.69) is 20.8 Å². The Labute approximate surface area is 177 Å². The van der Waals surface area contributed by atoms with E-state index in [0.717, 1.165) is 23.4 Å². The Morgan fingerprint density at radius 3 is 2.80 bits per heavy atom. The van der Waals surface area contributed by atoms with Gasteiger partial charge in [0.1, 0.15) is 5.01 Å². The molecule has 2 aromatic carbocycles. The normalized spacial score (nSPS) is 11.9. The lowest BCUT2D eigenvalue weighted by molar-refractivity contribution is 0.0949. The molecular weight excluding hydrogens is 404 g/mol. The maximum Gasteiger partial charge on any atom is 0.286 e. The number of carbonyl (C=O) groups is 2. The zero-order valence-electron chi connectivity index (χ0n) is 16.3. The van der Waals surface area contributed by atoms with Gasteiger partial charge in [-0.15, -0.1) is 10.2 Å². The van der Waals surface area contributed by atoms with Gasteiger partial charge in [-0.2, -0.15) is 0 Å². The summed E-state index contributed by atoms with van der Waals surface area (Å²) < 4.78 is 10.6. The molecule has 1 aromatic heterocycles. The van der Waals surface area contributed by atoms with E-state index in [1.165, 1.54) is 11.3 Å². The van der Waals surface area contributed by atoms with Crippen molar-refractivity contribution in [3.05, 3.63) is 63.6 Å². The minimum Gasteiger partial charge on any atom is -0.454 e. The summed E-state index contributed by atoms with van der Waals surface area (Å²) >= 11 is 1.28. The number of fused-ring (bicyclic) bond motifs is 1. The minimum atomic E-state index is -0.340. The molecule has 0 saturated carbocycles. The van der Waals surface area contributed by atoms with Crippen LogP contribution in [0.3, 0.4) is 0 Å². The first-order valence-electron chi connectivity index (χ1n) is 9.53. The van der Waals surface area contributed by atoms with Crippen molar-refractivity contribution >= 4 is 28.8 Å². The highest BCUT2D eigenvalue weighted by atomic mass is 32.1. The number of aryl methyl sites for hydroxylation is 1. The Morgan fingerprint density at radius 2 is 1.93 bits per heavy atom. The quantitative estimate of drug-likeness (QED) is 0.603. The fourth-order valence-corrected chi connectivity index (χ4v) is 3.75. The SMILES string of the molecule is CCCc1nnc(C(=O)Nc2cccc(C(=O)NCc3ccc4c(c3)OCO4)c2)s1. The van der Waals surface area contributed by atoms with Crippen molar-refractivity contribution < 1.29 is 19.1 Å². The lowest BCUT2D eigenvalue weighted by atomic mass is 10.1. The van der Waals surface area contributed by atoms with E-state index >= 15 is 0 Å². The third-order valence-electron chi connectivity index (χ3n) is 4.40. The highest BCUT2D eigenvalue weighted by Crippen LogP contribution is 2.32. The smallest absolute Gasteiger partial charge is 0.286 e. The fraction of sp³-hybridized carbons (Fsp3) is 0.238. The monoisotopic (exact) mass is 424 g/mol. The molecule has 2 N–H and O–H groups in total. The molecule has 0 saturated heterocycles. The molecule has 3 aromatic rings. The second kappa shape index (κ2) is 8.91. The largest absolute Gasteiger partial charge is 0.454 e. The number of carbonyl (C=O) groups excluding carboxylic acids is 2. The third kappa shape index (κ3) is 4.57. The zero-order chi connectivity index (χ0) is 20.9. The second-order valence-electron chi connectivity index (χ2n) is 6.66. The maximum atomic E-state index is 12.5. The molecule has 0 fully saturated rings. The Morgan fingerprint density at radius 1 is 1.07 bits per heavy atom. The number of rotatable bonds is 7. The highest BCUT2D eigenvalue weighted by Gasteiger charge is 2.15. The van der Waals surface area contributed by atoms with Gasteiger partial charge in [0.2, 0.25) is 11.8 Å². The van der Waals surface area contributed by atoms with Gasteiger partial charge in [-0.1, -0.05) is 30.4 Å². The minimum absolute atomic E-state index is 0.209. The molecule has 8 nitrogen and oxygen atoms in total. The van der Waals surface area contributed by atoms with Gasteiger partial charge < -0.3 is 20.1 Å². The van der Waals surface area contributed by atoms with Crippen LogP contribution in [-0.4, -0.2) is 28.8 Å². The van der Waals surface area contributed by atoms with Gasteiger partial charge in [0, 0.05) is 24.2 Å². The van der Waals surface area contributed by atoms with Crippen LogP contribution in [0.5, 0.6) is 11.5 Å². The van der Waals surface area contributed by atoms with Gasteiger partial charge >= 0.3 is 0 Å². The van der Waals surface area contributed by atoms with Crippen molar-refractivity contribution in [3.63, 3.8) is 0 Å².